The van der Waals surface area contributed by atoms with Gasteiger partial charge in [-0.1, -0.05) is 6.92 Å². The van der Waals surface area contributed by atoms with Gasteiger partial charge >= 0.3 is 0 Å². The lowest BCUT2D eigenvalue weighted by molar-refractivity contribution is 0.0468. The Hall–Kier alpha value is -0.120. The molecule has 1 saturated heterocycles. The van der Waals surface area contributed by atoms with Crippen LogP contribution in [0.1, 0.15) is 40.0 Å². The number of rotatable bonds is 5. The van der Waals surface area contributed by atoms with E-state index in [0.717, 1.165) is 12.8 Å². The van der Waals surface area contributed by atoms with Crippen LogP contribution in [0.5, 0.6) is 0 Å². The third-order valence-corrected chi connectivity index (χ3v) is 3.61. The fourth-order valence-corrected chi connectivity index (χ4v) is 2.35. The SMILES string of the molecule is CC[C@H](CCC(C)(C)O)N1CCN(C)CC1. The minimum atomic E-state index is -0.514. The van der Waals surface area contributed by atoms with Crippen molar-refractivity contribution in [3.8, 4) is 0 Å². The van der Waals surface area contributed by atoms with Crippen molar-refractivity contribution in [2.24, 2.45) is 0 Å². The monoisotopic (exact) mass is 228 g/mol. The van der Waals surface area contributed by atoms with Gasteiger partial charge in [0.1, 0.15) is 0 Å². The molecule has 1 aliphatic rings. The Morgan fingerprint density at radius 1 is 1.19 bits per heavy atom. The molecule has 0 amide bonds. The van der Waals surface area contributed by atoms with Crippen LogP contribution >= 0.6 is 0 Å². The number of nitrogens with zero attached hydrogens (tertiary/aromatic N) is 2. The second kappa shape index (κ2) is 5.99. The van der Waals surface area contributed by atoms with Crippen LogP contribution in [0.3, 0.4) is 0 Å². The molecule has 1 fully saturated rings. The number of likely N-dealkylation sites (N-methyl/N-ethyl adjacent to an activating group) is 1. The van der Waals surface area contributed by atoms with Gasteiger partial charge in [-0.15, -0.1) is 0 Å². The Bertz CT molecular complexity index is 193. The topological polar surface area (TPSA) is 26.7 Å². The zero-order valence-corrected chi connectivity index (χ0v) is 11.4. The van der Waals surface area contributed by atoms with E-state index in [4.69, 9.17) is 0 Å². The summed E-state index contributed by atoms with van der Waals surface area (Å²) < 4.78 is 0. The molecule has 1 rings (SSSR count). The van der Waals surface area contributed by atoms with E-state index in [2.05, 4.69) is 23.8 Å². The summed E-state index contributed by atoms with van der Waals surface area (Å²) in [5, 5.41) is 9.78. The summed E-state index contributed by atoms with van der Waals surface area (Å²) >= 11 is 0. The highest BCUT2D eigenvalue weighted by atomic mass is 16.3. The number of piperazine rings is 1. The summed E-state index contributed by atoms with van der Waals surface area (Å²) in [6.07, 6.45) is 3.21. The van der Waals surface area contributed by atoms with Crippen molar-refractivity contribution in [2.75, 3.05) is 33.2 Å². The summed E-state index contributed by atoms with van der Waals surface area (Å²) in [6.45, 7) is 10.8. The van der Waals surface area contributed by atoms with Crippen LogP contribution < -0.4 is 0 Å². The predicted molar refractivity (Wildman–Crippen MR) is 68.7 cm³/mol. The van der Waals surface area contributed by atoms with Gasteiger partial charge in [-0.3, -0.25) is 4.90 Å². The molecule has 0 aromatic rings. The maximum atomic E-state index is 9.78. The second-order valence-electron chi connectivity index (χ2n) is 5.75. The molecule has 0 spiro atoms. The summed E-state index contributed by atoms with van der Waals surface area (Å²) in [7, 11) is 2.19. The van der Waals surface area contributed by atoms with E-state index in [9.17, 15) is 5.11 Å². The van der Waals surface area contributed by atoms with Crippen LogP contribution in [-0.4, -0.2) is 59.8 Å². The van der Waals surface area contributed by atoms with Gasteiger partial charge in [0, 0.05) is 32.2 Å². The molecular weight excluding hydrogens is 200 g/mol. The van der Waals surface area contributed by atoms with Crippen molar-refractivity contribution in [2.45, 2.75) is 51.7 Å². The van der Waals surface area contributed by atoms with Crippen molar-refractivity contribution in [1.29, 1.82) is 0 Å². The van der Waals surface area contributed by atoms with Crippen LogP contribution in [0.25, 0.3) is 0 Å². The highest BCUT2D eigenvalue weighted by molar-refractivity contribution is 4.79. The van der Waals surface area contributed by atoms with E-state index >= 15 is 0 Å². The molecule has 3 nitrogen and oxygen atoms in total. The zero-order valence-electron chi connectivity index (χ0n) is 11.4. The van der Waals surface area contributed by atoms with Crippen molar-refractivity contribution < 1.29 is 5.11 Å². The maximum Gasteiger partial charge on any atom is 0.0592 e. The minimum absolute atomic E-state index is 0.514. The smallest absolute Gasteiger partial charge is 0.0592 e. The van der Waals surface area contributed by atoms with Gasteiger partial charge < -0.3 is 10.0 Å². The highest BCUT2D eigenvalue weighted by Gasteiger charge is 2.23. The molecule has 0 radical (unpaired) electrons. The lowest BCUT2D eigenvalue weighted by Gasteiger charge is -2.38. The third-order valence-electron chi connectivity index (χ3n) is 3.61. The van der Waals surface area contributed by atoms with Crippen LogP contribution in [0.15, 0.2) is 0 Å². The molecule has 0 aromatic heterocycles. The van der Waals surface area contributed by atoms with Gasteiger partial charge in [0.2, 0.25) is 0 Å². The highest BCUT2D eigenvalue weighted by Crippen LogP contribution is 2.18. The van der Waals surface area contributed by atoms with Crippen molar-refractivity contribution >= 4 is 0 Å². The Labute approximate surface area is 100 Å². The molecule has 0 unspecified atom stereocenters. The van der Waals surface area contributed by atoms with Gasteiger partial charge in [0.05, 0.1) is 5.60 Å². The van der Waals surface area contributed by atoms with Gasteiger partial charge in [0.25, 0.3) is 0 Å². The first-order valence-electron chi connectivity index (χ1n) is 6.57. The Balaban J connectivity index is 2.36. The fraction of sp³-hybridized carbons (Fsp3) is 1.00. The molecule has 1 heterocycles. The first-order valence-corrected chi connectivity index (χ1v) is 6.57. The molecular formula is C13H28N2O. The van der Waals surface area contributed by atoms with Crippen LogP contribution in [0.2, 0.25) is 0 Å². The fourth-order valence-electron chi connectivity index (χ4n) is 2.35. The normalized spacial score (nSPS) is 22.3. The van der Waals surface area contributed by atoms with E-state index in [1.54, 1.807) is 0 Å². The third kappa shape index (κ3) is 4.81. The van der Waals surface area contributed by atoms with Crippen molar-refractivity contribution in [3.05, 3.63) is 0 Å². The summed E-state index contributed by atoms with van der Waals surface area (Å²) in [5.41, 5.74) is -0.514. The van der Waals surface area contributed by atoms with Crippen LogP contribution in [0.4, 0.5) is 0 Å². The maximum absolute atomic E-state index is 9.78. The first-order chi connectivity index (χ1) is 7.42. The average molecular weight is 228 g/mol. The van der Waals surface area contributed by atoms with E-state index in [0.29, 0.717) is 6.04 Å². The van der Waals surface area contributed by atoms with Crippen LogP contribution in [-0.2, 0) is 0 Å². The zero-order chi connectivity index (χ0) is 12.2. The van der Waals surface area contributed by atoms with Gasteiger partial charge in [-0.05, 0) is 40.2 Å². The molecule has 1 N–H and O–H groups in total. The lowest BCUT2D eigenvalue weighted by Crippen LogP contribution is -2.49. The summed E-state index contributed by atoms with van der Waals surface area (Å²) in [6, 6.07) is 0.653. The van der Waals surface area contributed by atoms with Crippen LogP contribution in [0, 0.1) is 0 Å². The molecule has 0 bridgehead atoms. The number of hydrogen-bond donors (Lipinski definition) is 1. The number of aliphatic hydroxyl groups is 1. The van der Waals surface area contributed by atoms with E-state index < -0.39 is 5.60 Å². The molecule has 16 heavy (non-hydrogen) atoms. The molecule has 0 aromatic carbocycles. The largest absolute Gasteiger partial charge is 0.390 e. The van der Waals surface area contributed by atoms with Gasteiger partial charge in [-0.25, -0.2) is 0 Å². The Kier molecular flexibility index (Phi) is 5.22. The quantitative estimate of drug-likeness (QED) is 0.773. The molecule has 0 aliphatic carbocycles. The minimum Gasteiger partial charge on any atom is -0.390 e. The first kappa shape index (κ1) is 13.9. The van der Waals surface area contributed by atoms with E-state index in [1.807, 2.05) is 13.8 Å². The second-order valence-corrected chi connectivity index (χ2v) is 5.75. The number of hydrogen-bond acceptors (Lipinski definition) is 3. The van der Waals surface area contributed by atoms with Crippen molar-refractivity contribution in [1.82, 2.24) is 9.80 Å². The molecule has 1 atom stereocenters. The van der Waals surface area contributed by atoms with Gasteiger partial charge in [-0.2, -0.15) is 0 Å². The summed E-state index contributed by atoms with van der Waals surface area (Å²) in [4.78, 5) is 4.98. The van der Waals surface area contributed by atoms with E-state index in [-0.39, 0.29) is 0 Å². The van der Waals surface area contributed by atoms with Gasteiger partial charge in [0.15, 0.2) is 0 Å². The molecule has 1 aliphatic heterocycles. The van der Waals surface area contributed by atoms with Crippen molar-refractivity contribution in [3.63, 3.8) is 0 Å². The molecule has 96 valence electrons. The predicted octanol–water partition coefficient (Wildman–Crippen LogP) is 1.56. The lowest BCUT2D eigenvalue weighted by atomic mass is 9.97. The van der Waals surface area contributed by atoms with E-state index in [1.165, 1.54) is 32.6 Å². The Morgan fingerprint density at radius 2 is 1.75 bits per heavy atom. The Morgan fingerprint density at radius 3 is 2.19 bits per heavy atom. The standard InChI is InChI=1S/C13H28N2O/c1-5-12(6-7-13(2,3)16)15-10-8-14(4)9-11-15/h12,16H,5-11H2,1-4H3/t12-/m1/s1. The molecule has 3 heteroatoms. The average Bonchev–Trinajstić information content (AvgIpc) is 2.20. The molecule has 0 saturated carbocycles. The summed E-state index contributed by atoms with van der Waals surface area (Å²) in [5.74, 6) is 0.